The number of aliphatic hydroxyl groups excluding tert-OH is 1. The van der Waals surface area contributed by atoms with Gasteiger partial charge in [-0.1, -0.05) is 13.8 Å². The average Bonchev–Trinajstić information content (AvgIpc) is 2.67. The van der Waals surface area contributed by atoms with Gasteiger partial charge in [-0.15, -0.1) is 0 Å². The van der Waals surface area contributed by atoms with Gasteiger partial charge in [-0.05, 0) is 23.8 Å². The minimum absolute atomic E-state index is 0.0560. The predicted molar refractivity (Wildman–Crippen MR) is 72.9 cm³/mol. The maximum Gasteiger partial charge on any atom is 0.228 e. The van der Waals surface area contributed by atoms with Crippen LogP contribution < -0.4 is 10.2 Å². The molecule has 0 aliphatic carbocycles. The molecule has 18 heavy (non-hydrogen) atoms. The normalized spacial score (nSPS) is 14.3. The molecule has 0 atom stereocenters. The first-order valence-corrected chi connectivity index (χ1v) is 6.16. The topological polar surface area (TPSA) is 52.6 Å². The fourth-order valence-corrected chi connectivity index (χ4v) is 2.24. The summed E-state index contributed by atoms with van der Waals surface area (Å²) in [5.41, 5.74) is 2.90. The predicted octanol–water partition coefficient (Wildman–Crippen LogP) is 1.64. The van der Waals surface area contributed by atoms with Gasteiger partial charge in [-0.3, -0.25) is 4.79 Å². The van der Waals surface area contributed by atoms with Crippen LogP contribution in [-0.2, 0) is 11.2 Å². The Morgan fingerprint density at radius 1 is 1.44 bits per heavy atom. The molecule has 0 unspecified atom stereocenters. The van der Waals surface area contributed by atoms with E-state index < -0.39 is 0 Å². The molecule has 1 aromatic carbocycles. The lowest BCUT2D eigenvalue weighted by molar-refractivity contribution is -0.115. The number of hydrogen-bond donors (Lipinski definition) is 2. The molecule has 0 bridgehead atoms. The van der Waals surface area contributed by atoms with Gasteiger partial charge in [-0.25, -0.2) is 0 Å². The van der Waals surface area contributed by atoms with E-state index in [1.807, 2.05) is 39.1 Å². The molecule has 2 rings (SSSR count). The van der Waals surface area contributed by atoms with E-state index in [1.54, 1.807) is 0 Å². The van der Waals surface area contributed by atoms with E-state index in [0.717, 1.165) is 23.5 Å². The lowest BCUT2D eigenvalue weighted by atomic mass is 9.94. The smallest absolute Gasteiger partial charge is 0.228 e. The van der Waals surface area contributed by atoms with E-state index in [9.17, 15) is 9.90 Å². The molecule has 4 heteroatoms. The Kier molecular flexibility index (Phi) is 3.30. The molecule has 0 spiro atoms. The van der Waals surface area contributed by atoms with Crippen molar-refractivity contribution in [3.63, 3.8) is 0 Å². The number of rotatable bonds is 4. The summed E-state index contributed by atoms with van der Waals surface area (Å²) in [7, 11) is 2.00. The monoisotopic (exact) mass is 248 g/mol. The summed E-state index contributed by atoms with van der Waals surface area (Å²) in [6, 6.07) is 5.98. The van der Waals surface area contributed by atoms with Crippen molar-refractivity contribution in [3.05, 3.63) is 23.8 Å². The largest absolute Gasteiger partial charge is 0.396 e. The van der Waals surface area contributed by atoms with E-state index >= 15 is 0 Å². The van der Waals surface area contributed by atoms with Crippen molar-refractivity contribution < 1.29 is 9.90 Å². The van der Waals surface area contributed by atoms with Crippen LogP contribution in [0.2, 0.25) is 0 Å². The molecule has 1 aromatic rings. The molecule has 2 N–H and O–H groups in total. The molecule has 4 nitrogen and oxygen atoms in total. The van der Waals surface area contributed by atoms with Gasteiger partial charge in [0.1, 0.15) is 0 Å². The van der Waals surface area contributed by atoms with Gasteiger partial charge in [0, 0.05) is 37.0 Å². The second-order valence-electron chi connectivity index (χ2n) is 5.74. The molecule has 1 heterocycles. The first-order valence-electron chi connectivity index (χ1n) is 6.16. The molecule has 0 saturated carbocycles. The molecule has 0 aromatic heterocycles. The number of carbonyl (C=O) groups is 1. The Hall–Kier alpha value is -1.55. The number of carbonyl (C=O) groups excluding carboxylic acids is 1. The summed E-state index contributed by atoms with van der Waals surface area (Å²) in [6.45, 7) is 4.98. The summed E-state index contributed by atoms with van der Waals surface area (Å²) in [5, 5.41) is 12.1. The third kappa shape index (κ3) is 2.64. The maximum absolute atomic E-state index is 11.3. The number of amides is 1. The number of nitrogens with one attached hydrogen (secondary N) is 1. The third-order valence-electron chi connectivity index (χ3n) is 3.25. The van der Waals surface area contributed by atoms with Gasteiger partial charge in [-0.2, -0.15) is 0 Å². The van der Waals surface area contributed by atoms with Crippen LogP contribution in [0.1, 0.15) is 19.4 Å². The van der Waals surface area contributed by atoms with Crippen LogP contribution in [0.4, 0.5) is 11.4 Å². The molecule has 1 amide bonds. The zero-order chi connectivity index (χ0) is 13.3. The van der Waals surface area contributed by atoms with E-state index in [0.29, 0.717) is 6.42 Å². The Morgan fingerprint density at radius 3 is 2.83 bits per heavy atom. The van der Waals surface area contributed by atoms with Crippen molar-refractivity contribution in [3.8, 4) is 0 Å². The first-order chi connectivity index (χ1) is 8.41. The van der Waals surface area contributed by atoms with Crippen molar-refractivity contribution in [2.24, 2.45) is 5.41 Å². The number of nitrogens with zero attached hydrogens (tertiary/aromatic N) is 1. The fraction of sp³-hybridized carbons (Fsp3) is 0.500. The highest BCUT2D eigenvalue weighted by molar-refractivity contribution is 5.99. The molecular formula is C14H20N2O2. The summed E-state index contributed by atoms with van der Waals surface area (Å²) >= 11 is 0. The summed E-state index contributed by atoms with van der Waals surface area (Å²) < 4.78 is 0. The molecule has 1 aliphatic rings. The van der Waals surface area contributed by atoms with Crippen molar-refractivity contribution in [1.82, 2.24) is 0 Å². The second kappa shape index (κ2) is 4.61. The molecule has 1 aliphatic heterocycles. The van der Waals surface area contributed by atoms with Crippen molar-refractivity contribution in [2.45, 2.75) is 20.3 Å². The first kappa shape index (κ1) is 12.9. The summed E-state index contributed by atoms with van der Waals surface area (Å²) in [6.07, 6.45) is 0.459. The van der Waals surface area contributed by atoms with Crippen LogP contribution >= 0.6 is 0 Å². The van der Waals surface area contributed by atoms with Crippen LogP contribution in [-0.4, -0.2) is 31.2 Å². The number of hydrogen-bond acceptors (Lipinski definition) is 3. The van der Waals surface area contributed by atoms with E-state index in [4.69, 9.17) is 0 Å². The van der Waals surface area contributed by atoms with Crippen LogP contribution in [0.5, 0.6) is 0 Å². The van der Waals surface area contributed by atoms with Crippen LogP contribution in [0, 0.1) is 5.41 Å². The third-order valence-corrected chi connectivity index (χ3v) is 3.25. The number of aliphatic hydroxyl groups is 1. The van der Waals surface area contributed by atoms with Crippen molar-refractivity contribution in [1.29, 1.82) is 0 Å². The molecule has 0 saturated heterocycles. The van der Waals surface area contributed by atoms with Crippen LogP contribution in [0.15, 0.2) is 18.2 Å². The number of fused-ring (bicyclic) bond motifs is 1. The minimum Gasteiger partial charge on any atom is -0.396 e. The lowest BCUT2D eigenvalue weighted by Gasteiger charge is -2.30. The average molecular weight is 248 g/mol. The van der Waals surface area contributed by atoms with Crippen LogP contribution in [0.25, 0.3) is 0 Å². The highest BCUT2D eigenvalue weighted by Gasteiger charge is 2.21. The SMILES string of the molecule is CN(CC(C)(C)CO)c1ccc2c(c1)CC(=O)N2. The molecule has 98 valence electrons. The Labute approximate surface area is 108 Å². The number of benzene rings is 1. The van der Waals surface area contributed by atoms with E-state index in [1.165, 1.54) is 0 Å². The van der Waals surface area contributed by atoms with Gasteiger partial charge in [0.25, 0.3) is 0 Å². The van der Waals surface area contributed by atoms with Crippen molar-refractivity contribution >= 4 is 17.3 Å². The maximum atomic E-state index is 11.3. The highest BCUT2D eigenvalue weighted by atomic mass is 16.3. The van der Waals surface area contributed by atoms with E-state index in [2.05, 4.69) is 10.2 Å². The highest BCUT2D eigenvalue weighted by Crippen LogP contribution is 2.28. The molecule has 0 radical (unpaired) electrons. The zero-order valence-electron chi connectivity index (χ0n) is 11.2. The van der Waals surface area contributed by atoms with Gasteiger partial charge in [0.15, 0.2) is 0 Å². The van der Waals surface area contributed by atoms with Crippen LogP contribution in [0.3, 0.4) is 0 Å². The van der Waals surface area contributed by atoms with Gasteiger partial charge in [0.05, 0.1) is 6.42 Å². The lowest BCUT2D eigenvalue weighted by Crippen LogP contribution is -2.33. The standard InChI is InChI=1S/C14H20N2O2/c1-14(2,9-17)8-16(3)11-4-5-12-10(6-11)7-13(18)15-12/h4-6,17H,7-9H2,1-3H3,(H,15,18). The summed E-state index contributed by atoms with van der Waals surface area (Å²) in [4.78, 5) is 13.4. The zero-order valence-corrected chi connectivity index (χ0v) is 11.2. The molecular weight excluding hydrogens is 228 g/mol. The Morgan fingerprint density at radius 2 is 2.17 bits per heavy atom. The molecule has 0 fully saturated rings. The van der Waals surface area contributed by atoms with E-state index in [-0.39, 0.29) is 17.9 Å². The minimum atomic E-state index is -0.137. The fourth-order valence-electron chi connectivity index (χ4n) is 2.24. The Balaban J connectivity index is 2.15. The van der Waals surface area contributed by atoms with Gasteiger partial charge in [0.2, 0.25) is 5.91 Å². The summed E-state index contributed by atoms with van der Waals surface area (Å²) in [5.74, 6) is 0.0560. The van der Waals surface area contributed by atoms with Crippen molar-refractivity contribution in [2.75, 3.05) is 30.4 Å². The Bertz CT molecular complexity index is 469. The number of anilines is 2. The second-order valence-corrected chi connectivity index (χ2v) is 5.74. The quantitative estimate of drug-likeness (QED) is 0.851. The van der Waals surface area contributed by atoms with Gasteiger partial charge < -0.3 is 15.3 Å². The van der Waals surface area contributed by atoms with Gasteiger partial charge >= 0.3 is 0 Å².